The second kappa shape index (κ2) is 4.75. The van der Waals surface area contributed by atoms with Crippen molar-refractivity contribution in [3.05, 3.63) is 39.9 Å². The van der Waals surface area contributed by atoms with Crippen LogP contribution in [0.15, 0.2) is 18.2 Å². The predicted octanol–water partition coefficient (Wildman–Crippen LogP) is 2.94. The lowest BCUT2D eigenvalue weighted by Crippen LogP contribution is -1.94. The first-order valence-electron chi connectivity index (χ1n) is 5.45. The zero-order valence-corrected chi connectivity index (χ0v) is 11.1. The number of benzene rings is 1. The van der Waals surface area contributed by atoms with E-state index in [1.807, 2.05) is 13.0 Å². The number of hydrogen-bond acceptors (Lipinski definition) is 4. The second-order valence-electron chi connectivity index (χ2n) is 4.05. The van der Waals surface area contributed by atoms with Crippen LogP contribution in [0.4, 0.5) is 5.13 Å². The fourth-order valence-corrected chi connectivity index (χ4v) is 2.69. The lowest BCUT2D eigenvalue weighted by molar-refractivity contribution is 0.410. The number of aryl methyl sites for hydroxylation is 2. The lowest BCUT2D eigenvalue weighted by Gasteiger charge is -2.08. The van der Waals surface area contributed by atoms with Crippen molar-refractivity contribution < 1.29 is 4.74 Å². The van der Waals surface area contributed by atoms with Gasteiger partial charge in [0.15, 0.2) is 5.13 Å². The van der Waals surface area contributed by atoms with Crippen molar-refractivity contribution in [1.82, 2.24) is 4.98 Å². The van der Waals surface area contributed by atoms with Crippen molar-refractivity contribution in [2.24, 2.45) is 0 Å². The van der Waals surface area contributed by atoms with Crippen LogP contribution in [0.2, 0.25) is 0 Å². The van der Waals surface area contributed by atoms with E-state index in [9.17, 15) is 0 Å². The number of nitrogen functional groups attached to an aromatic ring is 1. The Hall–Kier alpha value is -1.55. The minimum Gasteiger partial charge on any atom is -0.496 e. The molecule has 2 rings (SSSR count). The van der Waals surface area contributed by atoms with E-state index >= 15 is 0 Å². The van der Waals surface area contributed by atoms with Crippen LogP contribution in [0.5, 0.6) is 5.75 Å². The lowest BCUT2D eigenvalue weighted by atomic mass is 10.1. The summed E-state index contributed by atoms with van der Waals surface area (Å²) in [6.07, 6.45) is 0.825. The third-order valence-corrected chi connectivity index (χ3v) is 3.68. The Kier molecular flexibility index (Phi) is 3.33. The number of aromatic nitrogens is 1. The molecule has 0 radical (unpaired) electrons. The van der Waals surface area contributed by atoms with Gasteiger partial charge < -0.3 is 10.5 Å². The molecule has 1 aromatic heterocycles. The van der Waals surface area contributed by atoms with Gasteiger partial charge in [-0.2, -0.15) is 0 Å². The molecule has 0 saturated carbocycles. The van der Waals surface area contributed by atoms with Gasteiger partial charge in [0.2, 0.25) is 0 Å². The zero-order valence-electron chi connectivity index (χ0n) is 10.3. The summed E-state index contributed by atoms with van der Waals surface area (Å²) in [6.45, 7) is 4.07. The summed E-state index contributed by atoms with van der Waals surface area (Å²) >= 11 is 1.55. The van der Waals surface area contributed by atoms with E-state index in [4.69, 9.17) is 10.5 Å². The number of ether oxygens (including phenoxy) is 1. The summed E-state index contributed by atoms with van der Waals surface area (Å²) in [5, 5.41) is 0.629. The molecule has 1 aromatic carbocycles. The minimum atomic E-state index is 0.629. The third kappa shape index (κ3) is 2.58. The van der Waals surface area contributed by atoms with Gasteiger partial charge in [-0.3, -0.25) is 0 Å². The van der Waals surface area contributed by atoms with Crippen molar-refractivity contribution in [2.75, 3.05) is 12.8 Å². The first kappa shape index (κ1) is 11.9. The summed E-state index contributed by atoms with van der Waals surface area (Å²) in [5.41, 5.74) is 9.13. The van der Waals surface area contributed by atoms with Crippen molar-refractivity contribution in [2.45, 2.75) is 20.3 Å². The van der Waals surface area contributed by atoms with Gasteiger partial charge in [-0.15, -0.1) is 11.3 Å². The highest BCUT2D eigenvalue weighted by Crippen LogP contribution is 2.27. The molecule has 0 amide bonds. The Morgan fingerprint density at radius 3 is 2.71 bits per heavy atom. The molecule has 0 aliphatic rings. The maximum atomic E-state index is 5.71. The van der Waals surface area contributed by atoms with E-state index in [-0.39, 0.29) is 0 Å². The van der Waals surface area contributed by atoms with Crippen molar-refractivity contribution in [3.8, 4) is 5.75 Å². The van der Waals surface area contributed by atoms with Crippen molar-refractivity contribution >= 4 is 16.5 Å². The fraction of sp³-hybridized carbons (Fsp3) is 0.308. The molecule has 0 atom stereocenters. The molecule has 0 aliphatic carbocycles. The highest BCUT2D eigenvalue weighted by atomic mass is 32.1. The van der Waals surface area contributed by atoms with Gasteiger partial charge in [0.05, 0.1) is 12.8 Å². The fourth-order valence-electron chi connectivity index (χ4n) is 1.83. The van der Waals surface area contributed by atoms with E-state index in [1.165, 1.54) is 16.0 Å². The normalized spacial score (nSPS) is 10.5. The molecule has 0 saturated heterocycles. The number of hydrogen-bond donors (Lipinski definition) is 1. The van der Waals surface area contributed by atoms with E-state index in [2.05, 4.69) is 24.0 Å². The van der Waals surface area contributed by atoms with E-state index in [1.54, 1.807) is 18.4 Å². The first-order valence-corrected chi connectivity index (χ1v) is 6.27. The molecule has 0 aliphatic heterocycles. The maximum absolute atomic E-state index is 5.71. The molecule has 2 aromatic rings. The van der Waals surface area contributed by atoms with Crippen LogP contribution in [0.1, 0.15) is 21.7 Å². The Labute approximate surface area is 105 Å². The molecule has 0 spiro atoms. The number of rotatable bonds is 3. The topological polar surface area (TPSA) is 48.1 Å². The zero-order chi connectivity index (χ0) is 12.4. The molecule has 0 unspecified atom stereocenters. The number of nitrogens with zero attached hydrogens (tertiary/aromatic N) is 1. The second-order valence-corrected chi connectivity index (χ2v) is 5.17. The molecule has 1 heterocycles. The molecule has 4 heteroatoms. The van der Waals surface area contributed by atoms with E-state index in [0.29, 0.717) is 5.13 Å². The van der Waals surface area contributed by atoms with Gasteiger partial charge in [-0.25, -0.2) is 4.98 Å². The smallest absolute Gasteiger partial charge is 0.180 e. The van der Waals surface area contributed by atoms with Gasteiger partial charge in [-0.1, -0.05) is 17.7 Å². The Morgan fingerprint density at radius 2 is 2.12 bits per heavy atom. The van der Waals surface area contributed by atoms with Crippen LogP contribution < -0.4 is 10.5 Å². The molecule has 3 nitrogen and oxygen atoms in total. The molecule has 17 heavy (non-hydrogen) atoms. The van der Waals surface area contributed by atoms with E-state index in [0.717, 1.165) is 17.9 Å². The first-order chi connectivity index (χ1) is 8.10. The molecule has 0 fully saturated rings. The SMILES string of the molecule is COc1ccc(C)cc1Cc1sc(N)nc1C. The summed E-state index contributed by atoms with van der Waals surface area (Å²) < 4.78 is 5.37. The monoisotopic (exact) mass is 248 g/mol. The summed E-state index contributed by atoms with van der Waals surface area (Å²) in [6, 6.07) is 6.20. The Morgan fingerprint density at radius 1 is 1.35 bits per heavy atom. The quantitative estimate of drug-likeness (QED) is 0.908. The minimum absolute atomic E-state index is 0.629. The van der Waals surface area contributed by atoms with Gasteiger partial charge in [0, 0.05) is 11.3 Å². The van der Waals surface area contributed by atoms with Gasteiger partial charge in [0.1, 0.15) is 5.75 Å². The van der Waals surface area contributed by atoms with Crippen LogP contribution in [-0.2, 0) is 6.42 Å². The Balaban J connectivity index is 2.35. The average molecular weight is 248 g/mol. The van der Waals surface area contributed by atoms with Crippen LogP contribution >= 0.6 is 11.3 Å². The summed E-state index contributed by atoms with van der Waals surface area (Å²) in [4.78, 5) is 5.44. The van der Waals surface area contributed by atoms with Gasteiger partial charge in [0.25, 0.3) is 0 Å². The number of thiazole rings is 1. The summed E-state index contributed by atoms with van der Waals surface area (Å²) in [5.74, 6) is 0.918. The Bertz CT molecular complexity index is 534. The number of nitrogens with two attached hydrogens (primary N) is 1. The van der Waals surface area contributed by atoms with Gasteiger partial charge in [-0.05, 0) is 25.5 Å². The van der Waals surface area contributed by atoms with E-state index < -0.39 is 0 Å². The molecule has 0 bridgehead atoms. The highest BCUT2D eigenvalue weighted by molar-refractivity contribution is 7.15. The number of anilines is 1. The van der Waals surface area contributed by atoms with Crippen LogP contribution in [-0.4, -0.2) is 12.1 Å². The molecular weight excluding hydrogens is 232 g/mol. The molecular formula is C13H16N2OS. The van der Waals surface area contributed by atoms with Gasteiger partial charge >= 0.3 is 0 Å². The largest absolute Gasteiger partial charge is 0.496 e. The maximum Gasteiger partial charge on any atom is 0.180 e. The third-order valence-electron chi connectivity index (χ3n) is 2.70. The summed E-state index contributed by atoms with van der Waals surface area (Å²) in [7, 11) is 1.70. The van der Waals surface area contributed by atoms with Crippen molar-refractivity contribution in [1.29, 1.82) is 0 Å². The number of methoxy groups -OCH3 is 1. The van der Waals surface area contributed by atoms with Crippen LogP contribution in [0.25, 0.3) is 0 Å². The highest BCUT2D eigenvalue weighted by Gasteiger charge is 2.10. The van der Waals surface area contributed by atoms with Crippen LogP contribution in [0, 0.1) is 13.8 Å². The average Bonchev–Trinajstić information content (AvgIpc) is 2.58. The standard InChI is InChI=1S/C13H16N2OS/c1-8-4-5-11(16-3)10(6-8)7-12-9(2)15-13(14)17-12/h4-6H,7H2,1-3H3,(H2,14,15). The van der Waals surface area contributed by atoms with Crippen LogP contribution in [0.3, 0.4) is 0 Å². The van der Waals surface area contributed by atoms with Crippen molar-refractivity contribution in [3.63, 3.8) is 0 Å². The molecule has 2 N–H and O–H groups in total. The predicted molar refractivity (Wildman–Crippen MR) is 71.8 cm³/mol. The molecule has 90 valence electrons.